The van der Waals surface area contributed by atoms with E-state index in [1.54, 1.807) is 12.1 Å². The van der Waals surface area contributed by atoms with Crippen LogP contribution >= 0.6 is 11.3 Å². The molecule has 3 rings (SSSR count). The van der Waals surface area contributed by atoms with Crippen LogP contribution in [-0.2, 0) is 6.54 Å². The lowest BCUT2D eigenvalue weighted by molar-refractivity contribution is -0.385. The fourth-order valence-corrected chi connectivity index (χ4v) is 2.78. The molecule has 0 radical (unpaired) electrons. The van der Waals surface area contributed by atoms with Crippen LogP contribution in [0.4, 0.5) is 5.69 Å². The number of phenolic OH excluding ortho intramolecular Hbond substituents is 1. The minimum absolute atomic E-state index is 0.116. The van der Waals surface area contributed by atoms with Crippen molar-refractivity contribution in [1.82, 2.24) is 10.3 Å². The number of nitro benzene ring substituents is 1. The summed E-state index contributed by atoms with van der Waals surface area (Å²) in [6, 6.07) is 6.92. The summed E-state index contributed by atoms with van der Waals surface area (Å²) in [5.74, 6) is 0.117. The van der Waals surface area contributed by atoms with Gasteiger partial charge in [0.05, 0.1) is 16.5 Å². The SMILES string of the molecule is Cc1nc(-c2ccc(CNC(=O)c3ccc([N+](=O)[O-])c(O)c3)o2)cs1. The van der Waals surface area contributed by atoms with E-state index in [1.807, 2.05) is 12.3 Å². The van der Waals surface area contributed by atoms with Crippen molar-refractivity contribution >= 4 is 22.9 Å². The molecule has 0 saturated carbocycles. The highest BCUT2D eigenvalue weighted by molar-refractivity contribution is 7.09. The van der Waals surface area contributed by atoms with E-state index in [4.69, 9.17) is 4.42 Å². The van der Waals surface area contributed by atoms with Crippen molar-refractivity contribution in [2.45, 2.75) is 13.5 Å². The Morgan fingerprint density at radius 3 is 2.84 bits per heavy atom. The number of hydrogen-bond donors (Lipinski definition) is 2. The molecule has 0 aliphatic heterocycles. The third-order valence-corrected chi connectivity index (χ3v) is 4.16. The zero-order valence-electron chi connectivity index (χ0n) is 13.1. The predicted octanol–water partition coefficient (Wildman–Crippen LogP) is 3.26. The molecule has 0 atom stereocenters. The molecule has 9 heteroatoms. The van der Waals surface area contributed by atoms with Gasteiger partial charge in [0.15, 0.2) is 11.5 Å². The van der Waals surface area contributed by atoms with E-state index in [1.165, 1.54) is 17.4 Å². The van der Waals surface area contributed by atoms with Gasteiger partial charge >= 0.3 is 5.69 Å². The zero-order valence-corrected chi connectivity index (χ0v) is 13.9. The van der Waals surface area contributed by atoms with Crippen molar-refractivity contribution in [3.8, 4) is 17.2 Å². The Hall–Kier alpha value is -3.20. The third kappa shape index (κ3) is 3.66. The van der Waals surface area contributed by atoms with Crippen LogP contribution in [0, 0.1) is 17.0 Å². The number of carbonyl (C=O) groups is 1. The molecule has 0 bridgehead atoms. The fourth-order valence-electron chi connectivity index (χ4n) is 2.18. The van der Waals surface area contributed by atoms with Crippen LogP contribution in [0.5, 0.6) is 5.75 Å². The zero-order chi connectivity index (χ0) is 18.0. The van der Waals surface area contributed by atoms with Gasteiger partial charge in [0, 0.05) is 17.0 Å². The summed E-state index contributed by atoms with van der Waals surface area (Å²) in [5.41, 5.74) is 0.399. The van der Waals surface area contributed by atoms with Crippen molar-refractivity contribution in [2.75, 3.05) is 0 Å². The van der Waals surface area contributed by atoms with E-state index < -0.39 is 22.3 Å². The summed E-state index contributed by atoms with van der Waals surface area (Å²) in [6.45, 7) is 2.04. The van der Waals surface area contributed by atoms with Crippen molar-refractivity contribution in [2.24, 2.45) is 0 Å². The number of phenols is 1. The Morgan fingerprint density at radius 2 is 2.20 bits per heavy atom. The molecule has 0 spiro atoms. The van der Waals surface area contributed by atoms with Gasteiger partial charge in [-0.3, -0.25) is 14.9 Å². The number of hydrogen-bond acceptors (Lipinski definition) is 7. The first kappa shape index (κ1) is 16.7. The second-order valence-corrected chi connectivity index (χ2v) is 6.22. The molecule has 0 aliphatic carbocycles. The molecule has 25 heavy (non-hydrogen) atoms. The molecular formula is C16H13N3O5S. The number of furan rings is 1. The second-order valence-electron chi connectivity index (χ2n) is 5.16. The fraction of sp³-hybridized carbons (Fsp3) is 0.125. The summed E-state index contributed by atoms with van der Waals surface area (Å²) in [5, 5.41) is 25.7. The van der Waals surface area contributed by atoms with E-state index >= 15 is 0 Å². The molecule has 2 heterocycles. The first-order chi connectivity index (χ1) is 11.9. The molecule has 8 nitrogen and oxygen atoms in total. The monoisotopic (exact) mass is 359 g/mol. The number of carbonyl (C=O) groups excluding carboxylic acids is 1. The highest BCUT2D eigenvalue weighted by Gasteiger charge is 2.16. The average molecular weight is 359 g/mol. The quantitative estimate of drug-likeness (QED) is 0.533. The topological polar surface area (TPSA) is 118 Å². The van der Waals surface area contributed by atoms with E-state index in [0.717, 1.165) is 22.8 Å². The number of aryl methyl sites for hydroxylation is 1. The van der Waals surface area contributed by atoms with Gasteiger partial charge < -0.3 is 14.8 Å². The molecule has 0 aliphatic rings. The van der Waals surface area contributed by atoms with E-state index in [-0.39, 0.29) is 12.1 Å². The molecule has 0 saturated heterocycles. The van der Waals surface area contributed by atoms with Crippen molar-refractivity contribution in [1.29, 1.82) is 0 Å². The number of benzene rings is 1. The number of nitro groups is 1. The van der Waals surface area contributed by atoms with Crippen LogP contribution in [0.3, 0.4) is 0 Å². The molecule has 2 N–H and O–H groups in total. The van der Waals surface area contributed by atoms with Crippen molar-refractivity contribution in [3.63, 3.8) is 0 Å². The summed E-state index contributed by atoms with van der Waals surface area (Å²) in [6.07, 6.45) is 0. The highest BCUT2D eigenvalue weighted by Crippen LogP contribution is 2.26. The molecule has 1 aromatic carbocycles. The lowest BCUT2D eigenvalue weighted by Gasteiger charge is -2.04. The lowest BCUT2D eigenvalue weighted by atomic mass is 10.2. The maximum absolute atomic E-state index is 12.1. The van der Waals surface area contributed by atoms with Gasteiger partial charge in [0.2, 0.25) is 0 Å². The minimum Gasteiger partial charge on any atom is -0.502 e. The van der Waals surface area contributed by atoms with Gasteiger partial charge in [-0.15, -0.1) is 11.3 Å². The number of amides is 1. The molecule has 1 amide bonds. The van der Waals surface area contributed by atoms with Crippen molar-refractivity contribution in [3.05, 3.63) is 62.2 Å². The lowest BCUT2D eigenvalue weighted by Crippen LogP contribution is -2.22. The second kappa shape index (κ2) is 6.73. The Labute approximate surface area is 145 Å². The number of thiazole rings is 1. The molecule has 0 fully saturated rings. The highest BCUT2D eigenvalue weighted by atomic mass is 32.1. The van der Waals surface area contributed by atoms with Gasteiger partial charge in [0.1, 0.15) is 11.5 Å². The Kier molecular flexibility index (Phi) is 4.48. The van der Waals surface area contributed by atoms with Crippen molar-refractivity contribution < 1.29 is 19.2 Å². The molecular weight excluding hydrogens is 346 g/mol. The summed E-state index contributed by atoms with van der Waals surface area (Å²) in [4.78, 5) is 26.4. The van der Waals surface area contributed by atoms with E-state index in [2.05, 4.69) is 10.3 Å². The van der Waals surface area contributed by atoms with Crippen LogP contribution in [0.15, 0.2) is 40.1 Å². The predicted molar refractivity (Wildman–Crippen MR) is 90.5 cm³/mol. The average Bonchev–Trinajstić information content (AvgIpc) is 3.20. The van der Waals surface area contributed by atoms with Gasteiger partial charge in [-0.05, 0) is 31.2 Å². The van der Waals surface area contributed by atoms with Crippen LogP contribution in [0.2, 0.25) is 0 Å². The number of rotatable bonds is 5. The maximum atomic E-state index is 12.1. The minimum atomic E-state index is -0.721. The smallest absolute Gasteiger partial charge is 0.310 e. The first-order valence-corrected chi connectivity index (χ1v) is 8.09. The van der Waals surface area contributed by atoms with Crippen LogP contribution in [0.25, 0.3) is 11.5 Å². The number of nitrogens with one attached hydrogen (secondary N) is 1. The van der Waals surface area contributed by atoms with Gasteiger partial charge in [0.25, 0.3) is 5.91 Å². The van der Waals surface area contributed by atoms with Gasteiger partial charge in [-0.25, -0.2) is 4.98 Å². The van der Waals surface area contributed by atoms with Crippen LogP contribution < -0.4 is 5.32 Å². The molecule has 0 unspecified atom stereocenters. The third-order valence-electron chi connectivity index (χ3n) is 3.39. The first-order valence-electron chi connectivity index (χ1n) is 7.21. The summed E-state index contributed by atoms with van der Waals surface area (Å²) in [7, 11) is 0. The Balaban J connectivity index is 1.65. The van der Waals surface area contributed by atoms with Crippen LogP contribution in [0.1, 0.15) is 21.1 Å². The molecule has 2 aromatic heterocycles. The summed E-state index contributed by atoms with van der Waals surface area (Å²) < 4.78 is 5.63. The maximum Gasteiger partial charge on any atom is 0.310 e. The largest absolute Gasteiger partial charge is 0.502 e. The Bertz CT molecular complexity index is 947. The van der Waals surface area contributed by atoms with E-state index in [9.17, 15) is 20.0 Å². The van der Waals surface area contributed by atoms with Gasteiger partial charge in [-0.1, -0.05) is 0 Å². The summed E-state index contributed by atoms with van der Waals surface area (Å²) >= 11 is 1.52. The number of aromatic hydroxyl groups is 1. The van der Waals surface area contributed by atoms with Gasteiger partial charge in [-0.2, -0.15) is 0 Å². The normalized spacial score (nSPS) is 10.6. The van der Waals surface area contributed by atoms with E-state index in [0.29, 0.717) is 11.5 Å². The standard InChI is InChI=1S/C16H13N3O5S/c1-9-18-12(8-25-9)15-5-3-11(24-15)7-17-16(21)10-2-4-13(19(22)23)14(20)6-10/h2-6,8,20H,7H2,1H3,(H,17,21). The Morgan fingerprint density at radius 1 is 1.40 bits per heavy atom. The van der Waals surface area contributed by atoms with Crippen LogP contribution in [-0.4, -0.2) is 20.9 Å². The molecule has 128 valence electrons. The molecule has 3 aromatic rings. The number of nitrogens with zero attached hydrogens (tertiary/aromatic N) is 2. The number of aromatic nitrogens is 1.